The van der Waals surface area contributed by atoms with E-state index in [-0.39, 0.29) is 5.56 Å². The fourth-order valence-corrected chi connectivity index (χ4v) is 2.52. The van der Waals surface area contributed by atoms with Crippen LogP contribution in [0, 0.1) is 6.92 Å². The molecule has 1 aromatic carbocycles. The number of nitrogens with one attached hydrogen (secondary N) is 2. The van der Waals surface area contributed by atoms with Crippen molar-refractivity contribution in [3.63, 3.8) is 0 Å². The summed E-state index contributed by atoms with van der Waals surface area (Å²) >= 11 is 0. The quantitative estimate of drug-likeness (QED) is 0.762. The number of sulfonamides is 1. The predicted octanol–water partition coefficient (Wildman–Crippen LogP) is 1.44. The molecule has 1 aromatic rings. The molecular weight excluding hydrogens is 320 g/mol. The number of esters is 1. The highest BCUT2D eigenvalue weighted by atomic mass is 32.2. The van der Waals surface area contributed by atoms with Gasteiger partial charge >= 0.3 is 5.97 Å². The second-order valence-electron chi connectivity index (χ2n) is 5.54. The van der Waals surface area contributed by atoms with Gasteiger partial charge in [0.15, 0.2) is 0 Å². The molecule has 0 aliphatic rings. The largest absolute Gasteiger partial charge is 0.467 e. The summed E-state index contributed by atoms with van der Waals surface area (Å²) in [4.78, 5) is 24.2. The number of ether oxygens (including phenoxy) is 1. The van der Waals surface area contributed by atoms with E-state index in [9.17, 15) is 18.0 Å². The minimum absolute atomic E-state index is 0.241. The van der Waals surface area contributed by atoms with Gasteiger partial charge in [0.2, 0.25) is 10.0 Å². The van der Waals surface area contributed by atoms with Crippen LogP contribution < -0.4 is 10.0 Å². The first-order valence-corrected chi connectivity index (χ1v) is 8.91. The van der Waals surface area contributed by atoms with Crippen molar-refractivity contribution in [3.05, 3.63) is 29.3 Å². The lowest BCUT2D eigenvalue weighted by Gasteiger charge is -2.26. The normalized spacial score (nSPS) is 13.8. The van der Waals surface area contributed by atoms with Crippen LogP contribution in [0.15, 0.2) is 18.2 Å². The lowest BCUT2D eigenvalue weighted by Crippen LogP contribution is -2.52. The van der Waals surface area contributed by atoms with Crippen LogP contribution in [0.4, 0.5) is 5.69 Å². The maximum absolute atomic E-state index is 12.4. The minimum Gasteiger partial charge on any atom is -0.467 e. The van der Waals surface area contributed by atoms with Gasteiger partial charge in [0, 0.05) is 5.56 Å². The molecular formula is C15H22N2O5S. The maximum atomic E-state index is 12.4. The number of aryl methyl sites for hydroxylation is 1. The van der Waals surface area contributed by atoms with Crippen molar-refractivity contribution >= 4 is 27.6 Å². The lowest BCUT2D eigenvalue weighted by molar-refractivity contribution is -0.147. The van der Waals surface area contributed by atoms with E-state index in [1.54, 1.807) is 32.9 Å². The molecule has 1 rings (SSSR count). The zero-order valence-corrected chi connectivity index (χ0v) is 14.7. The van der Waals surface area contributed by atoms with E-state index < -0.39 is 27.4 Å². The van der Waals surface area contributed by atoms with Crippen molar-refractivity contribution < 1.29 is 22.7 Å². The number of methoxy groups -OCH3 is 1. The molecule has 2 N–H and O–H groups in total. The third-order valence-electron chi connectivity index (χ3n) is 3.53. The van der Waals surface area contributed by atoms with E-state index in [1.165, 1.54) is 13.2 Å². The Morgan fingerprint density at radius 3 is 2.39 bits per heavy atom. The molecule has 0 fully saturated rings. The van der Waals surface area contributed by atoms with Gasteiger partial charge in [0.25, 0.3) is 5.91 Å². The van der Waals surface area contributed by atoms with Gasteiger partial charge in [-0.25, -0.2) is 13.2 Å². The van der Waals surface area contributed by atoms with Gasteiger partial charge in [-0.2, -0.15) is 0 Å². The topological polar surface area (TPSA) is 102 Å². The molecule has 0 radical (unpaired) electrons. The molecule has 1 amide bonds. The predicted molar refractivity (Wildman–Crippen MR) is 87.8 cm³/mol. The molecule has 128 valence electrons. The first kappa shape index (κ1) is 19.0. The van der Waals surface area contributed by atoms with E-state index >= 15 is 0 Å². The molecule has 0 aliphatic heterocycles. The van der Waals surface area contributed by atoms with Crippen LogP contribution in [0.5, 0.6) is 0 Å². The van der Waals surface area contributed by atoms with Crippen molar-refractivity contribution in [3.8, 4) is 0 Å². The average Bonchev–Trinajstić information content (AvgIpc) is 2.46. The first-order valence-electron chi connectivity index (χ1n) is 7.02. The Balaban J connectivity index is 3.09. The first-order chi connectivity index (χ1) is 10.5. The van der Waals surface area contributed by atoms with Gasteiger partial charge in [-0.1, -0.05) is 13.0 Å². The van der Waals surface area contributed by atoms with Crippen LogP contribution in [-0.4, -0.2) is 39.2 Å². The van der Waals surface area contributed by atoms with Crippen LogP contribution in [0.3, 0.4) is 0 Å². The number of carbonyl (C=O) groups is 2. The summed E-state index contributed by atoms with van der Waals surface area (Å²) in [7, 11) is -2.20. The van der Waals surface area contributed by atoms with E-state index in [0.29, 0.717) is 17.7 Å². The molecule has 0 aliphatic carbocycles. The lowest BCUT2D eigenvalue weighted by atomic mass is 9.98. The highest BCUT2D eigenvalue weighted by Crippen LogP contribution is 2.19. The highest BCUT2D eigenvalue weighted by Gasteiger charge is 2.34. The van der Waals surface area contributed by atoms with E-state index in [2.05, 4.69) is 10.0 Å². The Hall–Kier alpha value is -2.09. The summed E-state index contributed by atoms with van der Waals surface area (Å²) in [6.07, 6.45) is 1.39. The molecule has 0 aromatic heterocycles. The Bertz CT molecular complexity index is 715. The fraction of sp³-hybridized carbons (Fsp3) is 0.467. The molecule has 0 saturated carbocycles. The summed E-state index contributed by atoms with van der Waals surface area (Å²) < 4.78 is 29.8. The number of hydrogen-bond donors (Lipinski definition) is 2. The smallest absolute Gasteiger partial charge is 0.331 e. The molecule has 0 heterocycles. The van der Waals surface area contributed by atoms with E-state index in [0.717, 1.165) is 6.26 Å². The van der Waals surface area contributed by atoms with Crippen LogP contribution in [-0.2, 0) is 19.6 Å². The Kier molecular flexibility index (Phi) is 5.76. The molecule has 0 spiro atoms. The SMILES string of the molecule is CCC(C)(NC(=O)c1ccc(C)c(NS(C)(=O)=O)c1)C(=O)OC. The van der Waals surface area contributed by atoms with Gasteiger partial charge < -0.3 is 10.1 Å². The van der Waals surface area contributed by atoms with Crippen LogP contribution in [0.2, 0.25) is 0 Å². The number of carbonyl (C=O) groups excluding carboxylic acids is 2. The van der Waals surface area contributed by atoms with Gasteiger partial charge in [-0.3, -0.25) is 9.52 Å². The van der Waals surface area contributed by atoms with E-state index in [1.807, 2.05) is 0 Å². The molecule has 0 saturated heterocycles. The van der Waals surface area contributed by atoms with Crippen LogP contribution in [0.25, 0.3) is 0 Å². The van der Waals surface area contributed by atoms with Crippen molar-refractivity contribution in [2.24, 2.45) is 0 Å². The molecule has 1 unspecified atom stereocenters. The fourth-order valence-electron chi connectivity index (χ4n) is 1.90. The van der Waals surface area contributed by atoms with Crippen molar-refractivity contribution in [2.45, 2.75) is 32.7 Å². The number of anilines is 1. The minimum atomic E-state index is -3.46. The average molecular weight is 342 g/mol. The van der Waals surface area contributed by atoms with Crippen molar-refractivity contribution in [1.82, 2.24) is 5.32 Å². The number of amides is 1. The number of hydrogen-bond acceptors (Lipinski definition) is 5. The highest BCUT2D eigenvalue weighted by molar-refractivity contribution is 7.92. The van der Waals surface area contributed by atoms with Gasteiger partial charge in [-0.15, -0.1) is 0 Å². The zero-order chi connectivity index (χ0) is 17.8. The van der Waals surface area contributed by atoms with Crippen molar-refractivity contribution in [2.75, 3.05) is 18.1 Å². The molecule has 8 heteroatoms. The Labute approximate surface area is 136 Å². The van der Waals surface area contributed by atoms with Crippen LogP contribution >= 0.6 is 0 Å². The molecule has 7 nitrogen and oxygen atoms in total. The molecule has 1 atom stereocenters. The second-order valence-corrected chi connectivity index (χ2v) is 7.28. The standard InChI is InChI=1S/C15H22N2O5S/c1-6-15(3,14(19)22-4)16-13(18)11-8-7-10(2)12(9-11)17-23(5,20)21/h7-9,17H,6H2,1-5H3,(H,16,18). The number of rotatable bonds is 6. The number of benzene rings is 1. The molecule has 0 bridgehead atoms. The van der Waals surface area contributed by atoms with Gasteiger partial charge in [-0.05, 0) is 38.0 Å². The van der Waals surface area contributed by atoms with Gasteiger partial charge in [0.05, 0.1) is 19.1 Å². The summed E-state index contributed by atoms with van der Waals surface area (Å²) in [5, 5.41) is 2.63. The van der Waals surface area contributed by atoms with E-state index in [4.69, 9.17) is 4.74 Å². The zero-order valence-electron chi connectivity index (χ0n) is 13.9. The summed E-state index contributed by atoms with van der Waals surface area (Å²) in [6.45, 7) is 5.05. The third-order valence-corrected chi connectivity index (χ3v) is 4.12. The van der Waals surface area contributed by atoms with Crippen LogP contribution in [0.1, 0.15) is 36.2 Å². The summed E-state index contributed by atoms with van der Waals surface area (Å²) in [5.74, 6) is -1.04. The summed E-state index contributed by atoms with van der Waals surface area (Å²) in [5.41, 5.74) is 0.0844. The molecule has 23 heavy (non-hydrogen) atoms. The Morgan fingerprint density at radius 1 is 1.30 bits per heavy atom. The monoisotopic (exact) mass is 342 g/mol. The summed E-state index contributed by atoms with van der Waals surface area (Å²) in [6, 6.07) is 4.62. The second kappa shape index (κ2) is 6.99. The van der Waals surface area contributed by atoms with Crippen molar-refractivity contribution in [1.29, 1.82) is 0 Å². The van der Waals surface area contributed by atoms with Gasteiger partial charge in [0.1, 0.15) is 5.54 Å². The maximum Gasteiger partial charge on any atom is 0.331 e. The third kappa shape index (κ3) is 4.95. The Morgan fingerprint density at radius 2 is 1.91 bits per heavy atom.